The number of phenols is 1. The first kappa shape index (κ1) is 34.4. The Balaban J connectivity index is 1.19. The average Bonchev–Trinajstić information content (AvgIpc) is 3.56. The van der Waals surface area contributed by atoms with E-state index in [1.807, 2.05) is 18.7 Å². The molecule has 0 amide bonds. The molecule has 0 bridgehead atoms. The predicted molar refractivity (Wildman–Crippen MR) is 193 cm³/mol. The first-order valence-electron chi connectivity index (χ1n) is 18.9. The third-order valence-corrected chi connectivity index (χ3v) is 12.1. The summed E-state index contributed by atoms with van der Waals surface area (Å²) in [6, 6.07) is 6.47. The van der Waals surface area contributed by atoms with Crippen molar-refractivity contribution in [2.45, 2.75) is 89.7 Å². The van der Waals surface area contributed by atoms with Gasteiger partial charge < -0.3 is 24.6 Å². The van der Waals surface area contributed by atoms with Crippen molar-refractivity contribution in [1.82, 2.24) is 19.9 Å². The van der Waals surface area contributed by atoms with Crippen LogP contribution in [0.15, 0.2) is 30.5 Å². The Morgan fingerprint density at radius 2 is 1.82 bits per heavy atom. The van der Waals surface area contributed by atoms with Gasteiger partial charge in [0.05, 0.1) is 17.6 Å². The molecule has 51 heavy (non-hydrogen) atoms. The van der Waals surface area contributed by atoms with E-state index in [2.05, 4.69) is 9.88 Å². The highest BCUT2D eigenvalue weighted by Crippen LogP contribution is 2.48. The van der Waals surface area contributed by atoms with Crippen LogP contribution in [0.2, 0.25) is 0 Å². The molecule has 3 aliphatic heterocycles. The maximum absolute atomic E-state index is 17.0. The van der Waals surface area contributed by atoms with Gasteiger partial charge in [-0.2, -0.15) is 9.97 Å². The molecule has 0 radical (unpaired) electrons. The lowest BCUT2D eigenvalue weighted by Gasteiger charge is -2.47. The van der Waals surface area contributed by atoms with Crippen molar-refractivity contribution in [3.8, 4) is 23.0 Å². The van der Waals surface area contributed by atoms with Crippen molar-refractivity contribution in [2.75, 3.05) is 50.9 Å². The van der Waals surface area contributed by atoms with Crippen LogP contribution in [0.3, 0.4) is 0 Å². The number of anilines is 1. The van der Waals surface area contributed by atoms with Crippen LogP contribution in [-0.4, -0.2) is 87.7 Å². The van der Waals surface area contributed by atoms with Gasteiger partial charge in [0.2, 0.25) is 0 Å². The van der Waals surface area contributed by atoms with E-state index in [0.717, 1.165) is 77.7 Å². The number of phenolic OH excluding ortho intramolecular Hbond substituents is 1. The van der Waals surface area contributed by atoms with E-state index in [9.17, 15) is 10.2 Å². The van der Waals surface area contributed by atoms with E-state index in [0.29, 0.717) is 77.6 Å². The van der Waals surface area contributed by atoms with Crippen LogP contribution in [0.1, 0.15) is 77.2 Å². The Hall–Kier alpha value is -3.67. The van der Waals surface area contributed by atoms with Crippen molar-refractivity contribution in [3.05, 3.63) is 47.7 Å². The molecule has 8 rings (SSSR count). The number of ether oxygens (including phenoxy) is 2. The number of rotatable bonds is 8. The normalized spacial score (nSPS) is 26.2. The molecule has 1 saturated carbocycles. The van der Waals surface area contributed by atoms with E-state index < -0.39 is 17.2 Å². The van der Waals surface area contributed by atoms with Crippen molar-refractivity contribution < 1.29 is 28.5 Å². The average molecular weight is 702 g/mol. The second-order valence-corrected chi connectivity index (χ2v) is 15.7. The molecule has 4 fully saturated rings. The number of pyridine rings is 1. The molecule has 3 atom stereocenters. The second-order valence-electron chi connectivity index (χ2n) is 15.7. The first-order valence-corrected chi connectivity index (χ1v) is 18.9. The number of halogens is 2. The molecule has 5 heterocycles. The molecular formula is C40H49F2N5O4. The molecule has 9 nitrogen and oxygen atoms in total. The number of piperidine rings is 2. The Morgan fingerprint density at radius 3 is 2.63 bits per heavy atom. The Kier molecular flexibility index (Phi) is 9.25. The first-order chi connectivity index (χ1) is 24.6. The molecule has 1 aliphatic carbocycles. The fourth-order valence-electron chi connectivity index (χ4n) is 9.65. The zero-order valence-corrected chi connectivity index (χ0v) is 29.8. The molecule has 4 aliphatic rings. The number of hydrogen-bond donors (Lipinski definition) is 2. The minimum atomic E-state index is -0.935. The summed E-state index contributed by atoms with van der Waals surface area (Å²) in [5.41, 5.74) is -0.230. The van der Waals surface area contributed by atoms with Gasteiger partial charge in [0.25, 0.3) is 0 Å². The van der Waals surface area contributed by atoms with Crippen molar-refractivity contribution in [3.63, 3.8) is 0 Å². The molecule has 11 heteroatoms. The van der Waals surface area contributed by atoms with Gasteiger partial charge in [-0.3, -0.25) is 9.88 Å². The number of aliphatic hydroxyl groups is 1. The van der Waals surface area contributed by atoms with E-state index in [1.54, 1.807) is 18.3 Å². The van der Waals surface area contributed by atoms with Crippen LogP contribution in [0.25, 0.3) is 32.9 Å². The Morgan fingerprint density at radius 1 is 1.02 bits per heavy atom. The van der Waals surface area contributed by atoms with Gasteiger partial charge in [-0.15, -0.1) is 0 Å². The zero-order chi connectivity index (χ0) is 35.3. The summed E-state index contributed by atoms with van der Waals surface area (Å²) in [6.07, 6.45) is 11.1. The van der Waals surface area contributed by atoms with Gasteiger partial charge in [0, 0.05) is 56.1 Å². The van der Waals surface area contributed by atoms with E-state index in [4.69, 9.17) is 19.4 Å². The molecule has 272 valence electrons. The van der Waals surface area contributed by atoms with Crippen LogP contribution in [-0.2, 0) is 11.2 Å². The molecule has 0 spiro atoms. The topological polar surface area (TPSA) is 104 Å². The highest BCUT2D eigenvalue weighted by atomic mass is 19.1. The quantitative estimate of drug-likeness (QED) is 0.198. The van der Waals surface area contributed by atoms with Gasteiger partial charge in [-0.05, 0) is 112 Å². The Bertz CT molecular complexity index is 1930. The summed E-state index contributed by atoms with van der Waals surface area (Å²) in [5.74, 6) is -0.0312. The summed E-state index contributed by atoms with van der Waals surface area (Å²) in [7, 11) is 0. The molecule has 3 saturated heterocycles. The van der Waals surface area contributed by atoms with E-state index >= 15 is 8.78 Å². The molecule has 2 N–H and O–H groups in total. The third-order valence-electron chi connectivity index (χ3n) is 12.1. The lowest BCUT2D eigenvalue weighted by molar-refractivity contribution is -0.0203. The van der Waals surface area contributed by atoms with Crippen LogP contribution < -0.4 is 9.64 Å². The van der Waals surface area contributed by atoms with Gasteiger partial charge in [-0.1, -0.05) is 19.4 Å². The minimum Gasteiger partial charge on any atom is -0.508 e. The molecule has 2 aromatic heterocycles. The number of aromatic nitrogens is 3. The van der Waals surface area contributed by atoms with Gasteiger partial charge in [-0.25, -0.2) is 8.78 Å². The fraction of sp³-hybridized carbons (Fsp3) is 0.575. The van der Waals surface area contributed by atoms with Crippen molar-refractivity contribution in [1.29, 1.82) is 0 Å². The second kappa shape index (κ2) is 13.7. The summed E-state index contributed by atoms with van der Waals surface area (Å²) in [5, 5.41) is 23.2. The lowest BCUT2D eigenvalue weighted by Crippen LogP contribution is -2.53. The maximum atomic E-state index is 17.0. The predicted octanol–water partition coefficient (Wildman–Crippen LogP) is 7.18. The maximum Gasteiger partial charge on any atom is 0.319 e. The molecule has 2 aromatic carbocycles. The van der Waals surface area contributed by atoms with Crippen LogP contribution in [0.5, 0.6) is 11.8 Å². The van der Waals surface area contributed by atoms with Crippen LogP contribution in [0, 0.1) is 23.0 Å². The van der Waals surface area contributed by atoms with Gasteiger partial charge in [0.15, 0.2) is 5.82 Å². The fourth-order valence-corrected chi connectivity index (χ4v) is 9.65. The minimum absolute atomic E-state index is 0.0280. The van der Waals surface area contributed by atoms with Gasteiger partial charge in [0.1, 0.15) is 28.6 Å². The van der Waals surface area contributed by atoms with Crippen molar-refractivity contribution in [2.24, 2.45) is 11.3 Å². The largest absolute Gasteiger partial charge is 0.508 e. The summed E-state index contributed by atoms with van der Waals surface area (Å²) >= 11 is 0. The number of likely N-dealkylation sites (tertiary alicyclic amines) is 1. The summed E-state index contributed by atoms with van der Waals surface area (Å²) in [4.78, 5) is 18.9. The van der Waals surface area contributed by atoms with Crippen molar-refractivity contribution >= 4 is 27.5 Å². The number of nitrogens with zero attached hydrogens (tertiary/aromatic N) is 5. The number of hydrogen-bond acceptors (Lipinski definition) is 9. The smallest absolute Gasteiger partial charge is 0.319 e. The number of benzene rings is 2. The lowest BCUT2D eigenvalue weighted by atomic mass is 9.75. The number of aryl methyl sites for hydroxylation is 1. The monoisotopic (exact) mass is 701 g/mol. The number of aromatic hydroxyl groups is 1. The highest BCUT2D eigenvalue weighted by molar-refractivity contribution is 6.01. The third kappa shape index (κ3) is 6.50. The molecule has 0 unspecified atom stereocenters. The van der Waals surface area contributed by atoms with E-state index in [-0.39, 0.29) is 28.4 Å². The number of fused-ring (bicyclic) bond motifs is 3. The van der Waals surface area contributed by atoms with Crippen LogP contribution >= 0.6 is 0 Å². The van der Waals surface area contributed by atoms with Crippen LogP contribution in [0.4, 0.5) is 14.6 Å². The Labute approximate surface area is 298 Å². The summed E-state index contributed by atoms with van der Waals surface area (Å²) < 4.78 is 44.3. The highest BCUT2D eigenvalue weighted by Gasteiger charge is 2.49. The zero-order valence-electron chi connectivity index (χ0n) is 29.8. The summed E-state index contributed by atoms with van der Waals surface area (Å²) in [6.45, 7) is 8.94. The molecule has 4 aromatic rings. The number of β-amino-alcohol motifs (C(OH)–C–C–N with tert-alkyl or cyclic N) is 1. The van der Waals surface area contributed by atoms with Gasteiger partial charge >= 0.3 is 6.01 Å². The van der Waals surface area contributed by atoms with E-state index in [1.165, 1.54) is 12.1 Å². The standard InChI is InChI=1S/C40H49F2N5O4/c1-3-28-31(41)9-8-26-19-27(48)20-29(33(26)28)35-34(42)36-30(21-43-35)37(47-16-5-12-39(2,49)23-47)45-38(44-36)51-24-40-13-4-7-32(40)46(15-6-14-40)22-25-10-17-50-18-11-25/h8-9,19-21,25,32,48-49H,3-7,10-18,22-24H2,1-2H3/t32-,39-,40-/m1/s1. The SMILES string of the molecule is CCc1c(F)ccc2cc(O)cc(-c3ncc4c(N5CCC[C@@](C)(O)C5)nc(OC[C@]56CCC[C@H]5N(CC5CCOCC5)CCC6)nc4c3F)c12. The molecular weight excluding hydrogens is 652 g/mol.